The molecule has 0 amide bonds. The summed E-state index contributed by atoms with van der Waals surface area (Å²) in [6, 6.07) is 2.67. The summed E-state index contributed by atoms with van der Waals surface area (Å²) in [5.74, 6) is -0.851. The quantitative estimate of drug-likeness (QED) is 0.364. The first kappa shape index (κ1) is 22.0. The maximum atomic E-state index is 14.4. The standard InChI is InChI=1S/C15H22BrFN6O2S2/c1-10(8-18)19-4-2-3-5-20-13-7-12(17)14(6-11(13)16)27(24,25)23-15-21-9-22-26-15/h6-7,9-10,19-20H,2-5,8,18H2,1H3,(H,21,22,23). The highest BCUT2D eigenvalue weighted by Gasteiger charge is 2.22. The molecule has 0 bridgehead atoms. The highest BCUT2D eigenvalue weighted by Crippen LogP contribution is 2.29. The fourth-order valence-corrected chi connectivity index (χ4v) is 4.55. The third-order valence-corrected chi connectivity index (χ3v) is 6.38. The molecule has 0 aliphatic rings. The molecule has 2 rings (SSSR count). The number of unbranched alkanes of at least 4 members (excludes halogenated alkanes) is 1. The number of nitrogens with two attached hydrogens (primary N) is 1. The summed E-state index contributed by atoms with van der Waals surface area (Å²) in [5, 5.41) is 6.47. The number of hydrogen-bond donors (Lipinski definition) is 4. The Bertz CT molecular complexity index is 835. The Hall–Kier alpha value is -1.34. The Morgan fingerprint density at radius 3 is 2.74 bits per heavy atom. The van der Waals surface area contributed by atoms with Crippen LogP contribution in [0.4, 0.5) is 15.2 Å². The van der Waals surface area contributed by atoms with Crippen molar-refractivity contribution in [3.63, 3.8) is 0 Å². The molecule has 27 heavy (non-hydrogen) atoms. The molecule has 1 atom stereocenters. The third kappa shape index (κ3) is 6.64. The number of benzene rings is 1. The van der Waals surface area contributed by atoms with Gasteiger partial charge in [-0.1, -0.05) is 0 Å². The molecule has 0 radical (unpaired) electrons. The molecular formula is C15H22BrFN6O2S2. The lowest BCUT2D eigenvalue weighted by molar-refractivity contribution is 0.537. The highest BCUT2D eigenvalue weighted by atomic mass is 79.9. The van der Waals surface area contributed by atoms with E-state index in [0.29, 0.717) is 23.2 Å². The second-order valence-corrected chi connectivity index (χ2v) is 9.12. The van der Waals surface area contributed by atoms with E-state index in [-0.39, 0.29) is 11.2 Å². The van der Waals surface area contributed by atoms with Crippen LogP contribution in [0.25, 0.3) is 0 Å². The smallest absolute Gasteiger partial charge is 0.266 e. The van der Waals surface area contributed by atoms with Gasteiger partial charge >= 0.3 is 0 Å². The SMILES string of the molecule is CC(CN)NCCCCNc1cc(F)c(S(=O)(=O)Nc2ncns2)cc1Br. The van der Waals surface area contributed by atoms with Gasteiger partial charge < -0.3 is 16.4 Å². The molecule has 1 heterocycles. The first-order valence-electron chi connectivity index (χ1n) is 8.29. The van der Waals surface area contributed by atoms with Gasteiger partial charge in [-0.3, -0.25) is 4.72 Å². The van der Waals surface area contributed by atoms with E-state index in [1.54, 1.807) is 0 Å². The molecule has 0 aliphatic heterocycles. The van der Waals surface area contributed by atoms with Crippen LogP contribution in [0.1, 0.15) is 19.8 Å². The van der Waals surface area contributed by atoms with Gasteiger partial charge in [0, 0.05) is 35.1 Å². The predicted octanol–water partition coefficient (Wildman–Crippen LogP) is 2.37. The summed E-state index contributed by atoms with van der Waals surface area (Å²) >= 11 is 4.16. The molecule has 0 aliphatic carbocycles. The molecule has 0 saturated heterocycles. The number of anilines is 2. The lowest BCUT2D eigenvalue weighted by atomic mass is 10.2. The highest BCUT2D eigenvalue weighted by molar-refractivity contribution is 9.10. The van der Waals surface area contributed by atoms with Crippen molar-refractivity contribution in [2.75, 3.05) is 29.7 Å². The van der Waals surface area contributed by atoms with E-state index in [9.17, 15) is 12.8 Å². The van der Waals surface area contributed by atoms with Gasteiger partial charge in [0.2, 0.25) is 5.13 Å². The van der Waals surface area contributed by atoms with Gasteiger partial charge in [0.25, 0.3) is 10.0 Å². The van der Waals surface area contributed by atoms with E-state index in [2.05, 4.69) is 40.6 Å². The average Bonchev–Trinajstić information content (AvgIpc) is 3.12. The molecule has 5 N–H and O–H groups in total. The zero-order chi connectivity index (χ0) is 19.9. The lowest BCUT2D eigenvalue weighted by Crippen LogP contribution is -2.33. The van der Waals surface area contributed by atoms with Gasteiger partial charge in [-0.2, -0.15) is 4.37 Å². The van der Waals surface area contributed by atoms with Crippen LogP contribution in [0, 0.1) is 5.82 Å². The Morgan fingerprint density at radius 1 is 1.33 bits per heavy atom. The van der Waals surface area contributed by atoms with E-state index in [1.807, 2.05) is 6.92 Å². The maximum absolute atomic E-state index is 14.4. The molecule has 12 heteroatoms. The minimum Gasteiger partial charge on any atom is -0.384 e. The van der Waals surface area contributed by atoms with Crippen molar-refractivity contribution in [1.82, 2.24) is 14.7 Å². The van der Waals surface area contributed by atoms with Crippen molar-refractivity contribution < 1.29 is 12.8 Å². The van der Waals surface area contributed by atoms with Gasteiger partial charge in [0.1, 0.15) is 17.0 Å². The molecule has 2 aromatic rings. The first-order chi connectivity index (χ1) is 12.8. The maximum Gasteiger partial charge on any atom is 0.266 e. The van der Waals surface area contributed by atoms with E-state index in [4.69, 9.17) is 5.73 Å². The van der Waals surface area contributed by atoms with E-state index in [1.165, 1.54) is 12.4 Å². The van der Waals surface area contributed by atoms with Gasteiger partial charge in [-0.25, -0.2) is 17.8 Å². The number of rotatable bonds is 11. The summed E-state index contributed by atoms with van der Waals surface area (Å²) in [6.45, 7) is 4.09. The molecule has 8 nitrogen and oxygen atoms in total. The van der Waals surface area contributed by atoms with Crippen LogP contribution in [0.5, 0.6) is 0 Å². The second-order valence-electron chi connectivity index (χ2n) is 5.84. The van der Waals surface area contributed by atoms with E-state index in [0.717, 1.165) is 37.0 Å². The number of nitrogens with zero attached hydrogens (tertiary/aromatic N) is 2. The Morgan fingerprint density at radius 2 is 2.07 bits per heavy atom. The number of aromatic nitrogens is 2. The lowest BCUT2D eigenvalue weighted by Gasteiger charge is -2.13. The molecule has 150 valence electrons. The predicted molar refractivity (Wildman–Crippen MR) is 109 cm³/mol. The summed E-state index contributed by atoms with van der Waals surface area (Å²) in [6.07, 6.45) is 3.03. The number of nitrogens with one attached hydrogen (secondary N) is 3. The largest absolute Gasteiger partial charge is 0.384 e. The minimum absolute atomic E-state index is 0.0743. The fraction of sp³-hybridized carbons (Fsp3) is 0.467. The van der Waals surface area contributed by atoms with Crippen molar-refractivity contribution in [3.05, 3.63) is 28.7 Å². The normalized spacial score (nSPS) is 12.7. The van der Waals surface area contributed by atoms with Crippen molar-refractivity contribution >= 4 is 48.3 Å². The molecule has 0 fully saturated rings. The van der Waals surface area contributed by atoms with Crippen LogP contribution in [0.3, 0.4) is 0 Å². The fourth-order valence-electron chi connectivity index (χ4n) is 2.16. The molecule has 1 aromatic heterocycles. The first-order valence-corrected chi connectivity index (χ1v) is 11.3. The summed E-state index contributed by atoms with van der Waals surface area (Å²) in [4.78, 5) is 3.27. The third-order valence-electron chi connectivity index (χ3n) is 3.66. The van der Waals surface area contributed by atoms with Crippen molar-refractivity contribution in [2.24, 2.45) is 5.73 Å². The number of sulfonamides is 1. The van der Waals surface area contributed by atoms with Gasteiger partial charge in [-0.05, 0) is 54.4 Å². The monoisotopic (exact) mass is 480 g/mol. The summed E-state index contributed by atoms with van der Waals surface area (Å²) in [7, 11) is -4.09. The number of hydrogen-bond acceptors (Lipinski definition) is 8. The second kappa shape index (κ2) is 10.3. The number of halogens is 2. The molecular weight excluding hydrogens is 459 g/mol. The minimum atomic E-state index is -4.09. The Labute approximate surface area is 170 Å². The Balaban J connectivity index is 1.94. The summed E-state index contributed by atoms with van der Waals surface area (Å²) in [5.41, 5.74) is 6.02. The van der Waals surface area contributed by atoms with Crippen molar-refractivity contribution in [2.45, 2.75) is 30.7 Å². The molecule has 0 saturated carbocycles. The zero-order valence-corrected chi connectivity index (χ0v) is 17.9. The van der Waals surface area contributed by atoms with E-state index < -0.39 is 20.7 Å². The average molecular weight is 481 g/mol. The van der Waals surface area contributed by atoms with Crippen LogP contribution in [0.2, 0.25) is 0 Å². The van der Waals surface area contributed by atoms with Crippen molar-refractivity contribution in [1.29, 1.82) is 0 Å². The van der Waals surface area contributed by atoms with Crippen molar-refractivity contribution in [3.8, 4) is 0 Å². The van der Waals surface area contributed by atoms with Crippen LogP contribution >= 0.6 is 27.5 Å². The topological polar surface area (TPSA) is 122 Å². The van der Waals surface area contributed by atoms with Gasteiger partial charge in [-0.15, -0.1) is 0 Å². The van der Waals surface area contributed by atoms with Crippen LogP contribution in [0.15, 0.2) is 27.8 Å². The zero-order valence-electron chi connectivity index (χ0n) is 14.7. The van der Waals surface area contributed by atoms with Crippen LogP contribution < -0.4 is 21.1 Å². The van der Waals surface area contributed by atoms with Gasteiger partial charge in [0.05, 0.1) is 5.69 Å². The molecule has 0 spiro atoms. The van der Waals surface area contributed by atoms with Crippen LogP contribution in [-0.4, -0.2) is 43.5 Å². The summed E-state index contributed by atoms with van der Waals surface area (Å²) < 4.78 is 45.4. The Kier molecular flexibility index (Phi) is 8.35. The van der Waals surface area contributed by atoms with Gasteiger partial charge in [0.15, 0.2) is 0 Å². The molecule has 1 unspecified atom stereocenters. The molecule has 1 aromatic carbocycles. The van der Waals surface area contributed by atoms with E-state index >= 15 is 0 Å². The van der Waals surface area contributed by atoms with Crippen LogP contribution in [-0.2, 0) is 10.0 Å².